The number of benzene rings is 1. The van der Waals surface area contributed by atoms with Crippen molar-refractivity contribution >= 4 is 0 Å². The number of para-hydroxylation sites is 1. The molecule has 2 nitrogen and oxygen atoms in total. The highest BCUT2D eigenvalue weighted by Crippen LogP contribution is 2.41. The topological polar surface area (TPSA) is 35.2 Å². The van der Waals surface area contributed by atoms with Crippen LogP contribution in [0.5, 0.6) is 5.75 Å². The van der Waals surface area contributed by atoms with Crippen molar-refractivity contribution in [2.75, 3.05) is 0 Å². The fourth-order valence-corrected chi connectivity index (χ4v) is 2.46. The summed E-state index contributed by atoms with van der Waals surface area (Å²) in [5.74, 6) is -0.131. The SMILES string of the molecule is CC1(C)CCC(Oc2ccccc2C(F)(F)F)C1N. The van der Waals surface area contributed by atoms with Gasteiger partial charge in [0.2, 0.25) is 0 Å². The van der Waals surface area contributed by atoms with E-state index < -0.39 is 11.7 Å². The Balaban J connectivity index is 2.21. The number of hydrogen-bond donors (Lipinski definition) is 1. The van der Waals surface area contributed by atoms with E-state index in [1.54, 1.807) is 0 Å². The van der Waals surface area contributed by atoms with Gasteiger partial charge in [-0.15, -0.1) is 0 Å². The predicted molar refractivity (Wildman–Crippen MR) is 66.9 cm³/mol. The Bertz CT molecular complexity index is 456. The Labute approximate surface area is 110 Å². The minimum atomic E-state index is -4.41. The van der Waals surface area contributed by atoms with Crippen LogP contribution >= 0.6 is 0 Å². The van der Waals surface area contributed by atoms with Crippen molar-refractivity contribution < 1.29 is 17.9 Å². The van der Waals surface area contributed by atoms with Gasteiger partial charge in [-0.3, -0.25) is 0 Å². The van der Waals surface area contributed by atoms with Gasteiger partial charge in [-0.2, -0.15) is 13.2 Å². The second-order valence-electron chi connectivity index (χ2n) is 5.70. The lowest BCUT2D eigenvalue weighted by atomic mass is 9.88. The van der Waals surface area contributed by atoms with E-state index in [9.17, 15) is 13.2 Å². The molecule has 0 aliphatic heterocycles. The maximum Gasteiger partial charge on any atom is 0.419 e. The maximum atomic E-state index is 12.9. The van der Waals surface area contributed by atoms with Gasteiger partial charge in [0.05, 0.1) is 5.56 Å². The zero-order valence-electron chi connectivity index (χ0n) is 11.0. The molecule has 1 aliphatic rings. The minimum absolute atomic E-state index is 0.0994. The Kier molecular flexibility index (Phi) is 3.51. The molecular weight excluding hydrogens is 255 g/mol. The van der Waals surface area contributed by atoms with Gasteiger partial charge in [0.25, 0.3) is 0 Å². The molecular formula is C14H18F3NO. The fourth-order valence-electron chi connectivity index (χ4n) is 2.46. The summed E-state index contributed by atoms with van der Waals surface area (Å²) in [4.78, 5) is 0. The first-order valence-electron chi connectivity index (χ1n) is 6.30. The summed E-state index contributed by atoms with van der Waals surface area (Å²) < 4.78 is 44.1. The van der Waals surface area contributed by atoms with Crippen LogP contribution in [0.4, 0.5) is 13.2 Å². The van der Waals surface area contributed by atoms with E-state index in [-0.39, 0.29) is 23.3 Å². The van der Waals surface area contributed by atoms with Gasteiger partial charge < -0.3 is 10.5 Å². The normalized spacial score (nSPS) is 26.4. The number of alkyl halides is 3. The molecule has 0 saturated heterocycles. The Morgan fingerprint density at radius 1 is 1.26 bits per heavy atom. The fraction of sp³-hybridized carbons (Fsp3) is 0.571. The summed E-state index contributed by atoms with van der Waals surface area (Å²) in [6.07, 6.45) is -3.24. The van der Waals surface area contributed by atoms with Crippen molar-refractivity contribution in [3.8, 4) is 5.75 Å². The van der Waals surface area contributed by atoms with E-state index in [0.717, 1.165) is 12.5 Å². The zero-order valence-corrected chi connectivity index (χ0v) is 11.0. The third kappa shape index (κ3) is 2.86. The monoisotopic (exact) mass is 273 g/mol. The third-order valence-electron chi connectivity index (χ3n) is 3.85. The van der Waals surface area contributed by atoms with Crippen LogP contribution < -0.4 is 10.5 Å². The van der Waals surface area contributed by atoms with Gasteiger partial charge in [-0.25, -0.2) is 0 Å². The molecule has 2 unspecified atom stereocenters. The van der Waals surface area contributed by atoms with Crippen LogP contribution in [0.3, 0.4) is 0 Å². The minimum Gasteiger partial charge on any atom is -0.488 e. The summed E-state index contributed by atoms with van der Waals surface area (Å²) in [6.45, 7) is 4.02. The highest BCUT2D eigenvalue weighted by atomic mass is 19.4. The standard InChI is InChI=1S/C14H18F3NO/c1-13(2)8-7-11(12(13)18)19-10-6-4-3-5-9(10)14(15,16)17/h3-6,11-12H,7-8,18H2,1-2H3. The van der Waals surface area contributed by atoms with Crippen molar-refractivity contribution in [1.29, 1.82) is 0 Å². The number of halogens is 3. The quantitative estimate of drug-likeness (QED) is 0.893. The lowest BCUT2D eigenvalue weighted by molar-refractivity contribution is -0.139. The largest absolute Gasteiger partial charge is 0.488 e. The van der Waals surface area contributed by atoms with Crippen LogP contribution in [0, 0.1) is 5.41 Å². The molecule has 1 aliphatic carbocycles. The summed E-state index contributed by atoms with van der Waals surface area (Å²) in [7, 11) is 0. The Morgan fingerprint density at radius 3 is 2.42 bits per heavy atom. The lowest BCUT2D eigenvalue weighted by Gasteiger charge is -2.27. The molecule has 0 heterocycles. The average Bonchev–Trinajstić information content (AvgIpc) is 2.56. The zero-order chi connectivity index (χ0) is 14.3. The number of hydrogen-bond acceptors (Lipinski definition) is 2. The second kappa shape index (κ2) is 4.71. The molecule has 0 aromatic heterocycles. The summed E-state index contributed by atoms with van der Waals surface area (Å²) in [5.41, 5.74) is 5.21. The van der Waals surface area contributed by atoms with E-state index in [4.69, 9.17) is 10.5 Å². The van der Waals surface area contributed by atoms with Gasteiger partial charge in [0.15, 0.2) is 0 Å². The van der Waals surface area contributed by atoms with E-state index in [1.807, 2.05) is 13.8 Å². The maximum absolute atomic E-state index is 12.9. The molecule has 0 spiro atoms. The van der Waals surface area contributed by atoms with E-state index in [0.29, 0.717) is 6.42 Å². The number of rotatable bonds is 2. The molecule has 1 fully saturated rings. The van der Waals surface area contributed by atoms with Crippen molar-refractivity contribution in [2.24, 2.45) is 11.1 Å². The number of nitrogens with two attached hydrogens (primary N) is 1. The molecule has 2 N–H and O–H groups in total. The molecule has 1 aromatic rings. The van der Waals surface area contributed by atoms with Crippen LogP contribution in [0.25, 0.3) is 0 Å². The van der Waals surface area contributed by atoms with Crippen LogP contribution in [0.1, 0.15) is 32.3 Å². The first kappa shape index (κ1) is 14.2. The smallest absolute Gasteiger partial charge is 0.419 e. The molecule has 2 rings (SSSR count). The molecule has 5 heteroatoms. The molecule has 1 saturated carbocycles. The molecule has 0 radical (unpaired) electrons. The molecule has 19 heavy (non-hydrogen) atoms. The van der Waals surface area contributed by atoms with E-state index >= 15 is 0 Å². The highest BCUT2D eigenvalue weighted by Gasteiger charge is 2.42. The average molecular weight is 273 g/mol. The van der Waals surface area contributed by atoms with Gasteiger partial charge in [0, 0.05) is 6.04 Å². The first-order chi connectivity index (χ1) is 8.72. The molecule has 0 amide bonds. The molecule has 2 atom stereocenters. The lowest BCUT2D eigenvalue weighted by Crippen LogP contribution is -2.42. The van der Waals surface area contributed by atoms with Crippen molar-refractivity contribution in [3.05, 3.63) is 29.8 Å². The third-order valence-corrected chi connectivity index (χ3v) is 3.85. The van der Waals surface area contributed by atoms with Gasteiger partial charge in [-0.05, 0) is 30.4 Å². The van der Waals surface area contributed by atoms with E-state index in [2.05, 4.69) is 0 Å². The van der Waals surface area contributed by atoms with Gasteiger partial charge in [-0.1, -0.05) is 26.0 Å². The van der Waals surface area contributed by atoms with Crippen molar-refractivity contribution in [1.82, 2.24) is 0 Å². The van der Waals surface area contributed by atoms with Gasteiger partial charge >= 0.3 is 6.18 Å². The Morgan fingerprint density at radius 2 is 1.89 bits per heavy atom. The molecule has 0 bridgehead atoms. The van der Waals surface area contributed by atoms with Gasteiger partial charge in [0.1, 0.15) is 11.9 Å². The first-order valence-corrected chi connectivity index (χ1v) is 6.30. The summed E-state index contributed by atoms with van der Waals surface area (Å²) >= 11 is 0. The van der Waals surface area contributed by atoms with Crippen LogP contribution in [-0.4, -0.2) is 12.1 Å². The summed E-state index contributed by atoms with van der Waals surface area (Å²) in [5, 5.41) is 0. The van der Waals surface area contributed by atoms with Crippen molar-refractivity contribution in [3.63, 3.8) is 0 Å². The Hall–Kier alpha value is -1.23. The predicted octanol–water partition coefficient (Wildman–Crippen LogP) is 3.60. The number of ether oxygens (including phenoxy) is 1. The highest BCUT2D eigenvalue weighted by molar-refractivity contribution is 5.36. The molecule has 106 valence electrons. The summed E-state index contributed by atoms with van der Waals surface area (Å²) in [6, 6.07) is 5.01. The molecule has 1 aromatic carbocycles. The van der Waals surface area contributed by atoms with Crippen molar-refractivity contribution in [2.45, 2.75) is 45.0 Å². The van der Waals surface area contributed by atoms with Crippen LogP contribution in [0.15, 0.2) is 24.3 Å². The van der Waals surface area contributed by atoms with Crippen LogP contribution in [-0.2, 0) is 6.18 Å². The van der Waals surface area contributed by atoms with Crippen LogP contribution in [0.2, 0.25) is 0 Å². The second-order valence-corrected chi connectivity index (χ2v) is 5.70. The van der Waals surface area contributed by atoms with E-state index in [1.165, 1.54) is 18.2 Å².